The van der Waals surface area contributed by atoms with Crippen molar-refractivity contribution in [3.63, 3.8) is 0 Å². The summed E-state index contributed by atoms with van der Waals surface area (Å²) >= 11 is 0. The van der Waals surface area contributed by atoms with Crippen LogP contribution in [0, 0.1) is 11.3 Å². The smallest absolute Gasteiger partial charge is 0.0802 e. The maximum Gasteiger partial charge on any atom is 0.0802 e. The Morgan fingerprint density at radius 3 is 2.00 bits per heavy atom. The van der Waals surface area contributed by atoms with E-state index in [-0.39, 0.29) is 11.5 Å². The highest BCUT2D eigenvalue weighted by molar-refractivity contribution is 5.28. The van der Waals surface area contributed by atoms with E-state index < -0.39 is 0 Å². The maximum atomic E-state index is 10.5. The van der Waals surface area contributed by atoms with Gasteiger partial charge in [0.1, 0.15) is 0 Å². The van der Waals surface area contributed by atoms with Crippen molar-refractivity contribution in [1.82, 2.24) is 5.32 Å². The lowest BCUT2D eigenvalue weighted by atomic mass is 9.71. The normalized spacial score (nSPS) is 23.5. The standard InChI is InChI=1S/C23H39NO/c1-22(2,3)18-9-7-17(8-10-18)21(25)15-16-24-20-13-11-19(12-14-20)23(4,5)6/h7-10,19-21,24-25H,11-16H2,1-6H3. The molecule has 25 heavy (non-hydrogen) atoms. The van der Waals surface area contributed by atoms with E-state index in [0.29, 0.717) is 11.5 Å². The lowest BCUT2D eigenvalue weighted by Gasteiger charge is -2.37. The predicted octanol–water partition coefficient (Wildman–Crippen LogP) is 5.60. The molecule has 1 fully saturated rings. The number of hydrogen-bond acceptors (Lipinski definition) is 2. The molecule has 1 saturated carbocycles. The molecule has 1 aromatic rings. The fourth-order valence-corrected chi connectivity index (χ4v) is 3.96. The Labute approximate surface area is 155 Å². The van der Waals surface area contributed by atoms with Crippen LogP contribution in [-0.2, 0) is 5.41 Å². The van der Waals surface area contributed by atoms with E-state index in [0.717, 1.165) is 24.4 Å². The zero-order valence-corrected chi connectivity index (χ0v) is 17.2. The number of benzene rings is 1. The van der Waals surface area contributed by atoms with E-state index in [9.17, 15) is 5.11 Å². The molecule has 0 heterocycles. The molecule has 2 nitrogen and oxygen atoms in total. The van der Waals surface area contributed by atoms with Crippen LogP contribution in [0.2, 0.25) is 0 Å². The van der Waals surface area contributed by atoms with E-state index in [1.54, 1.807) is 0 Å². The van der Waals surface area contributed by atoms with Gasteiger partial charge in [0.25, 0.3) is 0 Å². The monoisotopic (exact) mass is 345 g/mol. The molecule has 0 aliphatic heterocycles. The van der Waals surface area contributed by atoms with Gasteiger partial charge < -0.3 is 10.4 Å². The zero-order chi connectivity index (χ0) is 18.7. The summed E-state index contributed by atoms with van der Waals surface area (Å²) in [6, 6.07) is 9.10. The average molecular weight is 346 g/mol. The quantitative estimate of drug-likeness (QED) is 0.728. The van der Waals surface area contributed by atoms with E-state index in [2.05, 4.69) is 71.1 Å². The van der Waals surface area contributed by atoms with Crippen LogP contribution < -0.4 is 5.32 Å². The summed E-state index contributed by atoms with van der Waals surface area (Å²) in [5, 5.41) is 14.1. The first-order valence-electron chi connectivity index (χ1n) is 10.1. The van der Waals surface area contributed by atoms with Crippen molar-refractivity contribution in [1.29, 1.82) is 0 Å². The third-order valence-corrected chi connectivity index (χ3v) is 5.96. The Bertz CT molecular complexity index is 513. The van der Waals surface area contributed by atoms with E-state index >= 15 is 0 Å². The number of nitrogens with one attached hydrogen (secondary N) is 1. The summed E-state index contributed by atoms with van der Waals surface area (Å²) < 4.78 is 0. The van der Waals surface area contributed by atoms with Gasteiger partial charge in [-0.2, -0.15) is 0 Å². The second kappa shape index (κ2) is 8.22. The number of hydrogen-bond donors (Lipinski definition) is 2. The van der Waals surface area contributed by atoms with Crippen LogP contribution in [0.4, 0.5) is 0 Å². The first-order chi connectivity index (χ1) is 11.6. The van der Waals surface area contributed by atoms with Crippen LogP contribution in [0.5, 0.6) is 0 Å². The molecule has 1 aliphatic rings. The molecular weight excluding hydrogens is 306 g/mol. The lowest BCUT2D eigenvalue weighted by Crippen LogP contribution is -2.37. The van der Waals surface area contributed by atoms with Crippen LogP contribution in [0.15, 0.2) is 24.3 Å². The van der Waals surface area contributed by atoms with Crippen LogP contribution >= 0.6 is 0 Å². The predicted molar refractivity (Wildman–Crippen MR) is 108 cm³/mol. The largest absolute Gasteiger partial charge is 0.388 e. The molecular formula is C23H39NO. The summed E-state index contributed by atoms with van der Waals surface area (Å²) in [6.07, 6.45) is 5.63. The maximum absolute atomic E-state index is 10.5. The Balaban J connectivity index is 1.73. The van der Waals surface area contributed by atoms with Gasteiger partial charge in [-0.05, 0) is 66.5 Å². The first-order valence-corrected chi connectivity index (χ1v) is 10.1. The minimum Gasteiger partial charge on any atom is -0.388 e. The van der Waals surface area contributed by atoms with E-state index in [1.165, 1.54) is 31.2 Å². The van der Waals surface area contributed by atoms with Crippen LogP contribution in [0.1, 0.15) is 90.9 Å². The van der Waals surface area contributed by atoms with Gasteiger partial charge in [0.05, 0.1) is 6.10 Å². The molecule has 1 atom stereocenters. The third kappa shape index (κ3) is 6.11. The molecule has 0 bridgehead atoms. The SMILES string of the molecule is CC(C)(C)c1ccc(C(O)CCNC2CCC(C(C)(C)C)CC2)cc1. The van der Waals surface area contributed by atoms with Crippen molar-refractivity contribution in [2.24, 2.45) is 11.3 Å². The number of rotatable bonds is 5. The number of aliphatic hydroxyl groups is 1. The average Bonchev–Trinajstić information content (AvgIpc) is 2.54. The summed E-state index contributed by atoms with van der Waals surface area (Å²) in [6.45, 7) is 14.7. The van der Waals surface area contributed by atoms with Crippen molar-refractivity contribution in [3.05, 3.63) is 35.4 Å². The molecule has 0 saturated heterocycles. The van der Waals surface area contributed by atoms with Crippen LogP contribution in [0.3, 0.4) is 0 Å². The molecule has 142 valence electrons. The number of aliphatic hydroxyl groups excluding tert-OH is 1. The molecule has 2 rings (SSSR count). The first kappa shape index (κ1) is 20.5. The van der Waals surface area contributed by atoms with Crippen molar-refractivity contribution >= 4 is 0 Å². The molecule has 2 N–H and O–H groups in total. The molecule has 2 heteroatoms. The molecule has 0 amide bonds. The van der Waals surface area contributed by atoms with Crippen LogP contribution in [-0.4, -0.2) is 17.7 Å². The topological polar surface area (TPSA) is 32.3 Å². The Morgan fingerprint density at radius 2 is 1.52 bits per heavy atom. The Kier molecular flexibility index (Phi) is 6.73. The highest BCUT2D eigenvalue weighted by Gasteiger charge is 2.29. The second-order valence-corrected chi connectivity index (χ2v) is 10.0. The van der Waals surface area contributed by atoms with Gasteiger partial charge >= 0.3 is 0 Å². The Morgan fingerprint density at radius 1 is 0.960 bits per heavy atom. The fraction of sp³-hybridized carbons (Fsp3) is 0.739. The summed E-state index contributed by atoms with van der Waals surface area (Å²) in [5.41, 5.74) is 2.96. The van der Waals surface area contributed by atoms with Crippen LogP contribution in [0.25, 0.3) is 0 Å². The van der Waals surface area contributed by atoms with Gasteiger partial charge in [-0.3, -0.25) is 0 Å². The minimum atomic E-state index is -0.368. The molecule has 0 radical (unpaired) electrons. The second-order valence-electron chi connectivity index (χ2n) is 10.0. The van der Waals surface area contributed by atoms with Gasteiger partial charge in [-0.25, -0.2) is 0 Å². The molecule has 0 spiro atoms. The van der Waals surface area contributed by atoms with Crippen molar-refractivity contribution in [3.8, 4) is 0 Å². The van der Waals surface area contributed by atoms with Gasteiger partial charge in [0.2, 0.25) is 0 Å². The third-order valence-electron chi connectivity index (χ3n) is 5.96. The Hall–Kier alpha value is -0.860. The molecule has 1 aromatic carbocycles. The van der Waals surface area contributed by atoms with Gasteiger partial charge in [0.15, 0.2) is 0 Å². The molecule has 0 aromatic heterocycles. The van der Waals surface area contributed by atoms with Crippen molar-refractivity contribution in [2.75, 3.05) is 6.54 Å². The highest BCUT2D eigenvalue weighted by atomic mass is 16.3. The van der Waals surface area contributed by atoms with Crippen molar-refractivity contribution in [2.45, 2.75) is 91.2 Å². The van der Waals surface area contributed by atoms with Gasteiger partial charge in [0, 0.05) is 6.04 Å². The summed E-state index contributed by atoms with van der Waals surface area (Å²) in [7, 11) is 0. The zero-order valence-electron chi connectivity index (χ0n) is 17.2. The minimum absolute atomic E-state index is 0.164. The molecule has 1 unspecified atom stereocenters. The van der Waals surface area contributed by atoms with E-state index in [1.807, 2.05) is 0 Å². The van der Waals surface area contributed by atoms with E-state index in [4.69, 9.17) is 0 Å². The van der Waals surface area contributed by atoms with Gasteiger partial charge in [-0.15, -0.1) is 0 Å². The lowest BCUT2D eigenvalue weighted by molar-refractivity contribution is 0.148. The molecule has 1 aliphatic carbocycles. The summed E-state index contributed by atoms with van der Waals surface area (Å²) in [5.74, 6) is 0.859. The van der Waals surface area contributed by atoms with Crippen molar-refractivity contribution < 1.29 is 5.11 Å². The summed E-state index contributed by atoms with van der Waals surface area (Å²) in [4.78, 5) is 0. The van der Waals surface area contributed by atoms with Gasteiger partial charge in [-0.1, -0.05) is 65.8 Å². The fourth-order valence-electron chi connectivity index (χ4n) is 3.96. The highest BCUT2D eigenvalue weighted by Crippen LogP contribution is 2.37.